The number of hydrogen-bond donors (Lipinski definition) is 1. The average molecular weight is 373 g/mol. The molecule has 1 amide bonds. The van der Waals surface area contributed by atoms with Gasteiger partial charge in [-0.25, -0.2) is 13.2 Å². The first-order valence-corrected chi connectivity index (χ1v) is 9.65. The first-order chi connectivity index (χ1) is 12.2. The normalized spacial score (nSPS) is 11.3. The molecule has 7 heteroatoms. The summed E-state index contributed by atoms with van der Waals surface area (Å²) in [6.45, 7) is 1.47. The maximum absolute atomic E-state index is 11.8. The summed E-state index contributed by atoms with van der Waals surface area (Å²) >= 11 is 0. The van der Waals surface area contributed by atoms with E-state index in [1.807, 2.05) is 31.2 Å². The Morgan fingerprint density at radius 2 is 1.85 bits per heavy atom. The first-order valence-electron chi connectivity index (χ1n) is 7.75. The summed E-state index contributed by atoms with van der Waals surface area (Å²) in [4.78, 5) is 23.6. The maximum atomic E-state index is 11.8. The minimum absolute atomic E-state index is 0.0911. The van der Waals surface area contributed by atoms with Crippen molar-refractivity contribution in [2.24, 2.45) is 0 Å². The average Bonchev–Trinajstić information content (AvgIpc) is 2.58. The summed E-state index contributed by atoms with van der Waals surface area (Å²) in [6, 6.07) is 13.4. The molecule has 0 atom stereocenters. The minimum atomic E-state index is -3.37. The van der Waals surface area contributed by atoms with Crippen LogP contribution < -0.4 is 5.32 Å². The zero-order valence-electron chi connectivity index (χ0n) is 14.4. The molecule has 0 radical (unpaired) electrons. The lowest BCUT2D eigenvalue weighted by Crippen LogP contribution is -2.20. The Bertz CT molecular complexity index is 948. The van der Waals surface area contributed by atoms with Gasteiger partial charge < -0.3 is 10.1 Å². The smallest absolute Gasteiger partial charge is 0.331 e. The molecule has 1 N–H and O–H groups in total. The van der Waals surface area contributed by atoms with E-state index in [-0.39, 0.29) is 4.90 Å². The van der Waals surface area contributed by atoms with Crippen LogP contribution >= 0.6 is 0 Å². The molecule has 2 aromatic rings. The third-order valence-electron chi connectivity index (χ3n) is 3.35. The van der Waals surface area contributed by atoms with Crippen LogP contribution in [-0.2, 0) is 24.2 Å². The molecule has 0 saturated heterocycles. The standard InChI is InChI=1S/C19H19NO5S/c1-14-5-3-6-15(11-14)9-10-19(22)25-13-18(21)20-16-7-4-8-17(12-16)26(2,23)24/h3-12H,13H2,1-2H3,(H,20,21)/b10-9+. The van der Waals surface area contributed by atoms with Gasteiger partial charge in [0.15, 0.2) is 16.4 Å². The zero-order chi connectivity index (χ0) is 19.2. The van der Waals surface area contributed by atoms with E-state index in [2.05, 4.69) is 5.32 Å². The Labute approximate surface area is 152 Å². The van der Waals surface area contributed by atoms with E-state index in [0.29, 0.717) is 5.69 Å². The van der Waals surface area contributed by atoms with Crippen molar-refractivity contribution in [3.8, 4) is 0 Å². The number of carbonyl (C=O) groups excluding carboxylic acids is 2. The summed E-state index contributed by atoms with van der Waals surface area (Å²) in [7, 11) is -3.37. The monoisotopic (exact) mass is 373 g/mol. The zero-order valence-corrected chi connectivity index (χ0v) is 15.2. The number of aryl methyl sites for hydroxylation is 1. The van der Waals surface area contributed by atoms with Crippen LogP contribution in [0.4, 0.5) is 5.69 Å². The Balaban J connectivity index is 1.88. The van der Waals surface area contributed by atoms with Gasteiger partial charge in [-0.05, 0) is 36.8 Å². The number of amides is 1. The van der Waals surface area contributed by atoms with E-state index < -0.39 is 28.3 Å². The number of carbonyl (C=O) groups is 2. The number of rotatable bonds is 6. The van der Waals surface area contributed by atoms with Crippen LogP contribution in [0.2, 0.25) is 0 Å². The molecule has 0 heterocycles. The summed E-state index contributed by atoms with van der Waals surface area (Å²) in [6.07, 6.45) is 3.92. The molecular formula is C19H19NO5S. The summed E-state index contributed by atoms with van der Waals surface area (Å²) in [5, 5.41) is 2.49. The van der Waals surface area contributed by atoms with Gasteiger partial charge in [-0.3, -0.25) is 4.79 Å². The highest BCUT2D eigenvalue weighted by atomic mass is 32.2. The van der Waals surface area contributed by atoms with Crippen molar-refractivity contribution in [3.63, 3.8) is 0 Å². The SMILES string of the molecule is Cc1cccc(/C=C/C(=O)OCC(=O)Nc2cccc(S(C)(=O)=O)c2)c1. The van der Waals surface area contributed by atoms with Gasteiger partial charge in [-0.1, -0.05) is 35.9 Å². The Morgan fingerprint density at radius 1 is 1.12 bits per heavy atom. The number of hydrogen-bond acceptors (Lipinski definition) is 5. The second kappa shape index (κ2) is 8.44. The number of sulfone groups is 1. The van der Waals surface area contributed by atoms with Crippen LogP contribution in [0.15, 0.2) is 59.5 Å². The largest absolute Gasteiger partial charge is 0.452 e. The third-order valence-corrected chi connectivity index (χ3v) is 4.46. The number of esters is 1. The summed E-state index contributed by atoms with van der Waals surface area (Å²) < 4.78 is 27.9. The molecule has 0 spiro atoms. The molecule has 2 rings (SSSR count). The van der Waals surface area contributed by atoms with Gasteiger partial charge in [0, 0.05) is 18.0 Å². The molecule has 0 saturated carbocycles. The Morgan fingerprint density at radius 3 is 2.54 bits per heavy atom. The highest BCUT2D eigenvalue weighted by Crippen LogP contribution is 2.15. The molecule has 0 aliphatic heterocycles. The summed E-state index contributed by atoms with van der Waals surface area (Å²) in [5.41, 5.74) is 2.23. The van der Waals surface area contributed by atoms with Crippen molar-refractivity contribution >= 4 is 33.5 Å². The van der Waals surface area contributed by atoms with Crippen molar-refractivity contribution in [2.75, 3.05) is 18.2 Å². The molecule has 0 fully saturated rings. The van der Waals surface area contributed by atoms with Gasteiger partial charge >= 0.3 is 5.97 Å². The molecule has 26 heavy (non-hydrogen) atoms. The fourth-order valence-electron chi connectivity index (χ4n) is 2.12. The van der Waals surface area contributed by atoms with Gasteiger partial charge in [0.05, 0.1) is 4.90 Å². The molecular weight excluding hydrogens is 354 g/mol. The second-order valence-electron chi connectivity index (χ2n) is 5.70. The predicted molar refractivity (Wildman–Crippen MR) is 99.4 cm³/mol. The molecule has 0 aliphatic rings. The number of ether oxygens (including phenoxy) is 1. The minimum Gasteiger partial charge on any atom is -0.452 e. The van der Waals surface area contributed by atoms with Crippen molar-refractivity contribution in [3.05, 3.63) is 65.7 Å². The molecule has 2 aromatic carbocycles. The van der Waals surface area contributed by atoms with Crippen molar-refractivity contribution in [1.29, 1.82) is 0 Å². The van der Waals surface area contributed by atoms with Crippen molar-refractivity contribution in [2.45, 2.75) is 11.8 Å². The number of nitrogens with one attached hydrogen (secondary N) is 1. The van der Waals surface area contributed by atoms with E-state index in [0.717, 1.165) is 17.4 Å². The predicted octanol–water partition coefficient (Wildman–Crippen LogP) is 2.59. The van der Waals surface area contributed by atoms with E-state index in [9.17, 15) is 18.0 Å². The van der Waals surface area contributed by atoms with E-state index in [1.54, 1.807) is 12.1 Å². The van der Waals surface area contributed by atoms with Gasteiger partial charge in [0.2, 0.25) is 0 Å². The van der Waals surface area contributed by atoms with Crippen LogP contribution in [0.5, 0.6) is 0 Å². The highest BCUT2D eigenvalue weighted by Gasteiger charge is 2.10. The topological polar surface area (TPSA) is 89.5 Å². The van der Waals surface area contributed by atoms with E-state index in [1.165, 1.54) is 24.3 Å². The molecule has 0 aromatic heterocycles. The molecule has 6 nitrogen and oxygen atoms in total. The van der Waals surface area contributed by atoms with Crippen LogP contribution in [-0.4, -0.2) is 33.2 Å². The third kappa shape index (κ3) is 6.18. The molecule has 0 aliphatic carbocycles. The first kappa shape index (κ1) is 19.4. The van der Waals surface area contributed by atoms with Gasteiger partial charge in [-0.15, -0.1) is 0 Å². The summed E-state index contributed by atoms with van der Waals surface area (Å²) in [5.74, 6) is -1.21. The van der Waals surface area contributed by atoms with Crippen LogP contribution in [0.3, 0.4) is 0 Å². The van der Waals surface area contributed by atoms with Gasteiger partial charge in [0.25, 0.3) is 5.91 Å². The number of benzene rings is 2. The molecule has 0 unspecified atom stereocenters. The van der Waals surface area contributed by atoms with Crippen molar-refractivity contribution in [1.82, 2.24) is 0 Å². The van der Waals surface area contributed by atoms with Crippen LogP contribution in [0.25, 0.3) is 6.08 Å². The molecule has 136 valence electrons. The Kier molecular flexibility index (Phi) is 6.30. The van der Waals surface area contributed by atoms with Crippen LogP contribution in [0.1, 0.15) is 11.1 Å². The lowest BCUT2D eigenvalue weighted by atomic mass is 10.1. The van der Waals surface area contributed by atoms with Gasteiger partial charge in [-0.2, -0.15) is 0 Å². The maximum Gasteiger partial charge on any atom is 0.331 e. The lowest BCUT2D eigenvalue weighted by molar-refractivity contribution is -0.142. The Hall–Kier alpha value is -2.93. The van der Waals surface area contributed by atoms with Crippen LogP contribution in [0, 0.1) is 6.92 Å². The van der Waals surface area contributed by atoms with E-state index >= 15 is 0 Å². The fraction of sp³-hybridized carbons (Fsp3) is 0.158. The fourth-order valence-corrected chi connectivity index (χ4v) is 2.79. The second-order valence-corrected chi connectivity index (χ2v) is 7.72. The lowest BCUT2D eigenvalue weighted by Gasteiger charge is -2.07. The van der Waals surface area contributed by atoms with Crippen molar-refractivity contribution < 1.29 is 22.7 Å². The quantitative estimate of drug-likeness (QED) is 0.621. The van der Waals surface area contributed by atoms with E-state index in [4.69, 9.17) is 4.74 Å². The molecule has 0 bridgehead atoms. The highest BCUT2D eigenvalue weighted by molar-refractivity contribution is 7.90. The number of anilines is 1. The van der Waals surface area contributed by atoms with Gasteiger partial charge in [0.1, 0.15) is 0 Å².